The zero-order valence-corrected chi connectivity index (χ0v) is 35.9. The van der Waals surface area contributed by atoms with Gasteiger partial charge in [0, 0.05) is 27.5 Å². The summed E-state index contributed by atoms with van der Waals surface area (Å²) in [6.07, 6.45) is 15.7. The number of benzene rings is 6. The van der Waals surface area contributed by atoms with Crippen LogP contribution in [-0.4, -0.2) is 15.0 Å². The Morgan fingerprint density at radius 1 is 0.397 bits per heavy atom. The van der Waals surface area contributed by atoms with Gasteiger partial charge in [0.2, 0.25) is 0 Å². The summed E-state index contributed by atoms with van der Waals surface area (Å²) in [4.78, 5) is 15.9. The van der Waals surface area contributed by atoms with Gasteiger partial charge in [0.1, 0.15) is 11.2 Å². The van der Waals surface area contributed by atoms with Gasteiger partial charge in [-0.2, -0.15) is 0 Å². The molecule has 4 heteroatoms. The molecule has 8 bridgehead atoms. The Morgan fingerprint density at radius 3 is 1.63 bits per heavy atom. The highest BCUT2D eigenvalue weighted by molar-refractivity contribution is 6.06. The Labute approximate surface area is 370 Å². The summed E-state index contributed by atoms with van der Waals surface area (Å²) in [6, 6.07) is 51.4. The molecule has 2 aromatic heterocycles. The van der Waals surface area contributed by atoms with E-state index in [1.807, 2.05) is 6.07 Å². The molecule has 0 aliphatic heterocycles. The lowest BCUT2D eigenvalue weighted by molar-refractivity contribution is -0.00518. The lowest BCUT2D eigenvalue weighted by atomic mass is 9.48. The van der Waals surface area contributed by atoms with E-state index in [9.17, 15) is 0 Å². The minimum atomic E-state index is 0.347. The van der Waals surface area contributed by atoms with E-state index in [1.165, 1.54) is 81.8 Å². The number of hydrogen-bond donors (Lipinski definition) is 0. The van der Waals surface area contributed by atoms with Gasteiger partial charge in [-0.05, 0) is 187 Å². The topological polar surface area (TPSA) is 51.8 Å². The first kappa shape index (κ1) is 36.6. The van der Waals surface area contributed by atoms with E-state index in [2.05, 4.69) is 133 Å². The predicted octanol–water partition coefficient (Wildman–Crippen LogP) is 15.1. The highest BCUT2D eigenvalue weighted by Crippen LogP contribution is 2.62. The smallest absolute Gasteiger partial charge is 0.164 e. The van der Waals surface area contributed by atoms with Gasteiger partial charge >= 0.3 is 0 Å². The number of furan rings is 1. The van der Waals surface area contributed by atoms with Crippen LogP contribution < -0.4 is 0 Å². The molecule has 8 aliphatic carbocycles. The zero-order valence-electron chi connectivity index (χ0n) is 35.9. The van der Waals surface area contributed by atoms with Crippen molar-refractivity contribution in [3.63, 3.8) is 0 Å². The molecule has 0 unspecified atom stereocenters. The van der Waals surface area contributed by atoms with Crippen LogP contribution in [0.2, 0.25) is 0 Å². The molecule has 8 saturated carbocycles. The third-order valence-electron chi connectivity index (χ3n) is 17.3. The molecule has 0 spiro atoms. The van der Waals surface area contributed by atoms with Crippen molar-refractivity contribution in [2.24, 2.45) is 41.4 Å². The van der Waals surface area contributed by atoms with Gasteiger partial charge in [-0.25, -0.2) is 15.0 Å². The van der Waals surface area contributed by atoms with Crippen LogP contribution in [-0.2, 0) is 5.41 Å². The average molecular weight is 820 g/mol. The number of aromatic nitrogens is 3. The first-order valence-electron chi connectivity index (χ1n) is 24.1. The van der Waals surface area contributed by atoms with E-state index >= 15 is 0 Å². The minimum absolute atomic E-state index is 0.347. The molecule has 63 heavy (non-hydrogen) atoms. The Bertz CT molecular complexity index is 2990. The fourth-order valence-electron chi connectivity index (χ4n) is 15.2. The Morgan fingerprint density at radius 2 is 0.937 bits per heavy atom. The van der Waals surface area contributed by atoms with Gasteiger partial charge in [0.15, 0.2) is 17.5 Å². The summed E-state index contributed by atoms with van der Waals surface area (Å²) in [5, 5.41) is 2.28. The highest BCUT2D eigenvalue weighted by atomic mass is 16.3. The highest BCUT2D eigenvalue weighted by Gasteiger charge is 2.52. The molecule has 8 aliphatic rings. The molecule has 16 rings (SSSR count). The van der Waals surface area contributed by atoms with Crippen LogP contribution >= 0.6 is 0 Å². The lowest BCUT2D eigenvalue weighted by Crippen LogP contribution is -2.48. The van der Waals surface area contributed by atoms with Crippen LogP contribution in [0.15, 0.2) is 144 Å². The maximum absolute atomic E-state index is 6.24. The quantitative estimate of drug-likeness (QED) is 0.161. The Balaban J connectivity index is 0.892. The van der Waals surface area contributed by atoms with Crippen LogP contribution in [0.3, 0.4) is 0 Å². The molecule has 8 fully saturated rings. The van der Waals surface area contributed by atoms with Crippen LogP contribution in [0.25, 0.3) is 78.4 Å². The first-order chi connectivity index (χ1) is 31.0. The minimum Gasteiger partial charge on any atom is -0.456 e. The molecule has 0 radical (unpaired) electrons. The molecule has 0 atom stereocenters. The predicted molar refractivity (Wildman–Crippen MR) is 254 cm³/mol. The van der Waals surface area contributed by atoms with Crippen LogP contribution in [0, 0.1) is 41.4 Å². The summed E-state index contributed by atoms with van der Waals surface area (Å²) in [7, 11) is 0. The molecular formula is C59H53N3O. The second-order valence-corrected chi connectivity index (χ2v) is 21.1. The summed E-state index contributed by atoms with van der Waals surface area (Å²) < 4.78 is 6.24. The van der Waals surface area contributed by atoms with Crippen molar-refractivity contribution in [2.75, 3.05) is 0 Å². The summed E-state index contributed by atoms with van der Waals surface area (Å²) in [5.41, 5.74) is 12.9. The summed E-state index contributed by atoms with van der Waals surface area (Å²) in [6.45, 7) is 0. The molecule has 310 valence electrons. The van der Waals surface area contributed by atoms with Crippen molar-refractivity contribution in [3.8, 4) is 56.4 Å². The maximum atomic E-state index is 6.24. The Hall–Kier alpha value is -5.87. The van der Waals surface area contributed by atoms with Gasteiger partial charge in [0.05, 0.1) is 0 Å². The van der Waals surface area contributed by atoms with Crippen molar-refractivity contribution < 1.29 is 4.42 Å². The van der Waals surface area contributed by atoms with Crippen LogP contribution in [0.5, 0.6) is 0 Å². The van der Waals surface area contributed by atoms with Gasteiger partial charge in [-0.1, -0.05) is 109 Å². The third-order valence-corrected chi connectivity index (χ3v) is 17.3. The molecule has 4 nitrogen and oxygen atoms in total. The SMILES string of the molecule is c1ccc(-c2nc(-c3ccc(C4C5CC6CC(C5)CC4C6)cc3)nc(-c3ccc(-c4ccc5oc6ccccc6c5c4)cc3-c3ccc(C45CC6CC(CC(C6)C4)C5)cc3)n2)cc1. The lowest BCUT2D eigenvalue weighted by Gasteiger charge is -2.57. The molecular weight excluding hydrogens is 767 g/mol. The van der Waals surface area contributed by atoms with Gasteiger partial charge in [-0.15, -0.1) is 0 Å². The number of fused-ring (bicyclic) bond motifs is 3. The van der Waals surface area contributed by atoms with Crippen molar-refractivity contribution in [1.29, 1.82) is 0 Å². The van der Waals surface area contributed by atoms with Crippen molar-refractivity contribution in [3.05, 3.63) is 151 Å². The van der Waals surface area contributed by atoms with E-state index in [-0.39, 0.29) is 0 Å². The molecule has 0 amide bonds. The number of hydrogen-bond acceptors (Lipinski definition) is 4. The molecule has 6 aromatic carbocycles. The largest absolute Gasteiger partial charge is 0.456 e. The Kier molecular flexibility index (Phi) is 8.17. The number of rotatable bonds is 7. The molecule has 8 aromatic rings. The van der Waals surface area contributed by atoms with Gasteiger partial charge in [0.25, 0.3) is 0 Å². The molecule has 2 heterocycles. The molecule has 0 saturated heterocycles. The monoisotopic (exact) mass is 819 g/mol. The third kappa shape index (κ3) is 6.11. The van der Waals surface area contributed by atoms with Crippen LogP contribution in [0.1, 0.15) is 87.7 Å². The second kappa shape index (κ2) is 14.1. The maximum Gasteiger partial charge on any atom is 0.164 e. The average Bonchev–Trinajstić information content (AvgIpc) is 3.69. The van der Waals surface area contributed by atoms with Crippen LogP contribution in [0.4, 0.5) is 0 Å². The fraction of sp³-hybridized carbons (Fsp3) is 0.339. The second-order valence-electron chi connectivity index (χ2n) is 21.1. The molecule has 0 N–H and O–H groups in total. The number of para-hydroxylation sites is 1. The van der Waals surface area contributed by atoms with E-state index in [0.717, 1.165) is 103 Å². The van der Waals surface area contributed by atoms with Gasteiger partial charge < -0.3 is 4.42 Å². The van der Waals surface area contributed by atoms with Gasteiger partial charge in [-0.3, -0.25) is 0 Å². The van der Waals surface area contributed by atoms with Crippen molar-refractivity contribution in [2.45, 2.75) is 82.0 Å². The summed E-state index contributed by atoms with van der Waals surface area (Å²) >= 11 is 0. The van der Waals surface area contributed by atoms with E-state index in [0.29, 0.717) is 23.0 Å². The van der Waals surface area contributed by atoms with Crippen molar-refractivity contribution in [1.82, 2.24) is 15.0 Å². The fourth-order valence-corrected chi connectivity index (χ4v) is 15.2. The zero-order chi connectivity index (χ0) is 41.2. The normalized spacial score (nSPS) is 29.0. The first-order valence-corrected chi connectivity index (χ1v) is 24.1. The van der Waals surface area contributed by atoms with E-state index in [1.54, 1.807) is 5.56 Å². The number of nitrogens with zero attached hydrogens (tertiary/aromatic N) is 3. The van der Waals surface area contributed by atoms with E-state index in [4.69, 9.17) is 19.4 Å². The summed E-state index contributed by atoms with van der Waals surface area (Å²) in [5.74, 6) is 9.21. The standard InChI is InChI=1S/C59H53N3O/c1-2-6-42(7-3-1)56-60-57(43-12-10-41(11-13-43)55-46-26-35-22-36(28-46)29-47(55)27-35)62-58(61-56)50-20-16-44(45-17-21-54-52(31-45)49-8-4-5-9-53(49)63-54)30-51(50)40-14-18-48(19-15-40)59-32-37-23-38(33-59)25-39(24-37)34-59/h1-21,30-31,35-39,46-47,55H,22-29,32-34H2. The van der Waals surface area contributed by atoms with Crippen molar-refractivity contribution >= 4 is 21.9 Å². The van der Waals surface area contributed by atoms with E-state index < -0.39 is 0 Å².